The minimum Gasteiger partial charge on any atom is -0.396 e. The third kappa shape index (κ3) is 2.61. The summed E-state index contributed by atoms with van der Waals surface area (Å²) in [7, 11) is -5.22. The first-order valence-corrected chi connectivity index (χ1v) is 5.90. The van der Waals surface area contributed by atoms with Crippen molar-refractivity contribution in [2.45, 2.75) is 18.3 Å². The minimum atomic E-state index is -5.25. The van der Waals surface area contributed by atoms with Gasteiger partial charge in [0.25, 0.3) is 0 Å². The van der Waals surface area contributed by atoms with Crippen LogP contribution in [0.1, 0.15) is 12.8 Å². The Labute approximate surface area is 85.7 Å². The second kappa shape index (κ2) is 4.26. The molecular weight excluding hydrogens is 235 g/mol. The van der Waals surface area contributed by atoms with Crippen molar-refractivity contribution in [2.75, 3.05) is 19.7 Å². The van der Waals surface area contributed by atoms with E-state index in [0.717, 1.165) is 0 Å². The zero-order valence-electron chi connectivity index (χ0n) is 7.87. The third-order valence-corrected chi connectivity index (χ3v) is 3.97. The van der Waals surface area contributed by atoms with Crippen molar-refractivity contribution in [3.05, 3.63) is 0 Å². The van der Waals surface area contributed by atoms with Gasteiger partial charge in [-0.15, -0.1) is 0 Å². The van der Waals surface area contributed by atoms with Gasteiger partial charge in [-0.1, -0.05) is 0 Å². The lowest BCUT2D eigenvalue weighted by Gasteiger charge is -2.31. The van der Waals surface area contributed by atoms with E-state index in [2.05, 4.69) is 0 Å². The van der Waals surface area contributed by atoms with E-state index in [0.29, 0.717) is 17.1 Å². The van der Waals surface area contributed by atoms with Crippen LogP contribution < -0.4 is 0 Å². The fraction of sp³-hybridized carbons (Fsp3) is 1.00. The second-order valence-corrected chi connectivity index (χ2v) is 5.43. The first-order chi connectivity index (χ1) is 6.79. The molecule has 1 N–H and O–H groups in total. The summed E-state index contributed by atoms with van der Waals surface area (Å²) in [5.41, 5.74) is -5.25. The number of halogens is 3. The monoisotopic (exact) mass is 247 g/mol. The molecule has 1 aliphatic rings. The van der Waals surface area contributed by atoms with Gasteiger partial charge in [0, 0.05) is 19.7 Å². The molecule has 0 aromatic carbocycles. The van der Waals surface area contributed by atoms with Crippen LogP contribution in [0.15, 0.2) is 0 Å². The Morgan fingerprint density at radius 2 is 2.00 bits per heavy atom. The Balaban J connectivity index is 2.80. The van der Waals surface area contributed by atoms with E-state index in [-0.39, 0.29) is 19.7 Å². The van der Waals surface area contributed by atoms with Crippen molar-refractivity contribution in [3.8, 4) is 0 Å². The summed E-state index contributed by atoms with van der Waals surface area (Å²) in [5.74, 6) is -0.393. The van der Waals surface area contributed by atoms with Crippen LogP contribution in [-0.2, 0) is 10.0 Å². The summed E-state index contributed by atoms with van der Waals surface area (Å²) in [6, 6.07) is 0. The highest BCUT2D eigenvalue weighted by Crippen LogP contribution is 2.30. The van der Waals surface area contributed by atoms with Crippen LogP contribution in [0.5, 0.6) is 0 Å². The predicted octanol–water partition coefficient (Wildman–Crippen LogP) is 0.540. The molecule has 0 amide bonds. The van der Waals surface area contributed by atoms with E-state index in [1.807, 2.05) is 0 Å². The molecule has 1 saturated heterocycles. The summed E-state index contributed by atoms with van der Waals surface area (Å²) in [6.07, 6.45) is 0.904. The van der Waals surface area contributed by atoms with Crippen LogP contribution >= 0.6 is 0 Å². The molecule has 15 heavy (non-hydrogen) atoms. The SMILES string of the molecule is O=S(=O)(N1CCCC(CO)C1)C(F)(F)F. The maximum atomic E-state index is 12.2. The van der Waals surface area contributed by atoms with E-state index in [1.54, 1.807) is 0 Å². The predicted molar refractivity (Wildman–Crippen MR) is 46.4 cm³/mol. The van der Waals surface area contributed by atoms with Gasteiger partial charge in [0.15, 0.2) is 0 Å². The molecule has 1 aliphatic heterocycles. The Bertz CT molecular complexity index is 314. The van der Waals surface area contributed by atoms with Crippen molar-refractivity contribution in [3.63, 3.8) is 0 Å². The van der Waals surface area contributed by atoms with Gasteiger partial charge < -0.3 is 5.11 Å². The number of piperidine rings is 1. The van der Waals surface area contributed by atoms with Crippen LogP contribution in [-0.4, -0.2) is 43.0 Å². The molecule has 0 aromatic rings. The molecule has 0 radical (unpaired) electrons. The fourth-order valence-corrected chi connectivity index (χ4v) is 2.61. The topological polar surface area (TPSA) is 57.6 Å². The van der Waals surface area contributed by atoms with Crippen LogP contribution in [0.2, 0.25) is 0 Å². The summed E-state index contributed by atoms with van der Waals surface area (Å²) in [5, 5.41) is 8.77. The van der Waals surface area contributed by atoms with Gasteiger partial charge >= 0.3 is 15.5 Å². The quantitative estimate of drug-likeness (QED) is 0.774. The van der Waals surface area contributed by atoms with Crippen LogP contribution in [0.3, 0.4) is 0 Å². The van der Waals surface area contributed by atoms with Gasteiger partial charge in [0.1, 0.15) is 0 Å². The molecular formula is C7H12F3NO3S. The van der Waals surface area contributed by atoms with Crippen molar-refractivity contribution >= 4 is 10.0 Å². The van der Waals surface area contributed by atoms with Crippen molar-refractivity contribution in [2.24, 2.45) is 5.92 Å². The van der Waals surface area contributed by atoms with E-state index >= 15 is 0 Å². The van der Waals surface area contributed by atoms with E-state index in [4.69, 9.17) is 5.11 Å². The molecule has 1 atom stereocenters. The molecule has 1 heterocycles. The number of aliphatic hydroxyl groups is 1. The van der Waals surface area contributed by atoms with Crippen LogP contribution in [0.25, 0.3) is 0 Å². The lowest BCUT2D eigenvalue weighted by Crippen LogP contribution is -2.46. The molecule has 90 valence electrons. The molecule has 1 unspecified atom stereocenters. The van der Waals surface area contributed by atoms with Crippen LogP contribution in [0, 0.1) is 5.92 Å². The number of alkyl halides is 3. The Kier molecular flexibility index (Phi) is 3.62. The molecule has 0 aliphatic carbocycles. The summed E-state index contributed by atoms with van der Waals surface area (Å²) < 4.78 is 58.8. The average Bonchev–Trinajstić information content (AvgIpc) is 2.16. The standard InChI is InChI=1S/C7H12F3NO3S/c8-7(9,10)15(13,14)11-3-1-2-6(4-11)5-12/h6,12H,1-5H2. The van der Waals surface area contributed by atoms with Gasteiger partial charge in [-0.05, 0) is 18.8 Å². The number of nitrogens with zero attached hydrogens (tertiary/aromatic N) is 1. The number of hydrogen-bond acceptors (Lipinski definition) is 3. The van der Waals surface area contributed by atoms with Gasteiger partial charge in [0.05, 0.1) is 0 Å². The Morgan fingerprint density at radius 3 is 2.47 bits per heavy atom. The van der Waals surface area contributed by atoms with Crippen molar-refractivity contribution in [1.29, 1.82) is 0 Å². The summed E-state index contributed by atoms with van der Waals surface area (Å²) in [6.45, 7) is -0.666. The minimum absolute atomic E-state index is 0.127. The van der Waals surface area contributed by atoms with E-state index < -0.39 is 21.4 Å². The average molecular weight is 247 g/mol. The lowest BCUT2D eigenvalue weighted by atomic mass is 10.0. The molecule has 8 heteroatoms. The molecule has 0 bridgehead atoms. The zero-order chi connectivity index (χ0) is 11.7. The highest BCUT2D eigenvalue weighted by Gasteiger charge is 2.50. The number of aliphatic hydroxyl groups excluding tert-OH is 1. The highest BCUT2D eigenvalue weighted by atomic mass is 32.2. The third-order valence-electron chi connectivity index (χ3n) is 2.37. The fourth-order valence-electron chi connectivity index (χ4n) is 1.54. The normalized spacial score (nSPS) is 25.5. The number of hydrogen-bond donors (Lipinski definition) is 1. The first kappa shape index (κ1) is 12.7. The maximum Gasteiger partial charge on any atom is 0.511 e. The first-order valence-electron chi connectivity index (χ1n) is 4.46. The van der Waals surface area contributed by atoms with Gasteiger partial charge in [-0.2, -0.15) is 17.5 Å². The van der Waals surface area contributed by atoms with Gasteiger partial charge in [-0.3, -0.25) is 0 Å². The summed E-state index contributed by atoms with van der Waals surface area (Å²) in [4.78, 5) is 0. The summed E-state index contributed by atoms with van der Waals surface area (Å²) >= 11 is 0. The highest BCUT2D eigenvalue weighted by molar-refractivity contribution is 7.90. The van der Waals surface area contributed by atoms with Crippen molar-refractivity contribution in [1.82, 2.24) is 4.31 Å². The van der Waals surface area contributed by atoms with Gasteiger partial charge in [-0.25, -0.2) is 8.42 Å². The number of rotatable bonds is 2. The molecule has 1 rings (SSSR count). The lowest BCUT2D eigenvalue weighted by molar-refractivity contribution is -0.0501. The Morgan fingerprint density at radius 1 is 1.40 bits per heavy atom. The molecule has 0 aromatic heterocycles. The molecule has 0 saturated carbocycles. The number of sulfonamides is 1. The zero-order valence-corrected chi connectivity index (χ0v) is 8.68. The van der Waals surface area contributed by atoms with Gasteiger partial charge in [0.2, 0.25) is 0 Å². The molecule has 0 spiro atoms. The van der Waals surface area contributed by atoms with E-state index in [1.165, 1.54) is 0 Å². The smallest absolute Gasteiger partial charge is 0.396 e. The Hall–Kier alpha value is -0.340. The van der Waals surface area contributed by atoms with Crippen LogP contribution in [0.4, 0.5) is 13.2 Å². The van der Waals surface area contributed by atoms with E-state index in [9.17, 15) is 21.6 Å². The molecule has 1 fully saturated rings. The largest absolute Gasteiger partial charge is 0.511 e. The van der Waals surface area contributed by atoms with Crippen molar-refractivity contribution < 1.29 is 26.7 Å². The maximum absolute atomic E-state index is 12.2. The molecule has 4 nitrogen and oxygen atoms in total. The second-order valence-electron chi connectivity index (χ2n) is 3.50.